The van der Waals surface area contributed by atoms with Gasteiger partial charge in [-0.05, 0) is 37.5 Å². The van der Waals surface area contributed by atoms with E-state index in [2.05, 4.69) is 11.7 Å². The Balaban J connectivity index is 2.04. The Morgan fingerprint density at radius 2 is 2.06 bits per heavy atom. The molecule has 0 aliphatic heterocycles. The van der Waals surface area contributed by atoms with E-state index in [1.165, 1.54) is 0 Å². The van der Waals surface area contributed by atoms with E-state index in [1.54, 1.807) is 4.68 Å². The summed E-state index contributed by atoms with van der Waals surface area (Å²) >= 11 is 0. The van der Waals surface area contributed by atoms with Crippen LogP contribution in [0.25, 0.3) is 5.69 Å². The molecular formula is C15H18N2O. The highest BCUT2D eigenvalue weighted by molar-refractivity contribution is 5.30. The van der Waals surface area contributed by atoms with Crippen molar-refractivity contribution in [2.24, 2.45) is 0 Å². The molecule has 3 nitrogen and oxygen atoms in total. The Kier molecular flexibility index (Phi) is 4.31. The summed E-state index contributed by atoms with van der Waals surface area (Å²) in [6, 6.07) is 11.7. The zero-order valence-electron chi connectivity index (χ0n) is 10.4. The number of aliphatic hydroxyl groups excluding tert-OH is 1. The average Bonchev–Trinajstić information content (AvgIpc) is 2.89. The Morgan fingerprint density at radius 1 is 1.28 bits per heavy atom. The molecule has 0 fully saturated rings. The van der Waals surface area contributed by atoms with Crippen molar-refractivity contribution in [1.82, 2.24) is 9.78 Å². The average molecular weight is 242 g/mol. The second kappa shape index (κ2) is 6.17. The van der Waals surface area contributed by atoms with Gasteiger partial charge >= 0.3 is 0 Å². The molecule has 0 radical (unpaired) electrons. The highest BCUT2D eigenvalue weighted by atomic mass is 16.3. The zero-order valence-corrected chi connectivity index (χ0v) is 10.4. The van der Waals surface area contributed by atoms with Gasteiger partial charge in [-0.25, -0.2) is 4.68 Å². The molecule has 0 saturated carbocycles. The normalized spacial score (nSPS) is 12.3. The third kappa shape index (κ3) is 3.08. The maximum atomic E-state index is 10.00. The number of allylic oxidation sites excluding steroid dienone is 1. The van der Waals surface area contributed by atoms with Crippen molar-refractivity contribution in [2.75, 3.05) is 0 Å². The van der Waals surface area contributed by atoms with Crippen LogP contribution in [0.4, 0.5) is 0 Å². The predicted octanol–water partition coefficient (Wildman–Crippen LogP) is 3.26. The molecule has 0 saturated heterocycles. The van der Waals surface area contributed by atoms with Crippen LogP contribution in [0.3, 0.4) is 0 Å². The topological polar surface area (TPSA) is 38.0 Å². The quantitative estimate of drug-likeness (QED) is 0.623. The molecule has 94 valence electrons. The molecule has 1 N–H and O–H groups in total. The van der Waals surface area contributed by atoms with Gasteiger partial charge in [0.05, 0.1) is 17.5 Å². The number of para-hydroxylation sites is 1. The Hall–Kier alpha value is -1.87. The van der Waals surface area contributed by atoms with Crippen LogP contribution in [0.1, 0.15) is 31.1 Å². The van der Waals surface area contributed by atoms with Gasteiger partial charge in [0.2, 0.25) is 0 Å². The second-order valence-electron chi connectivity index (χ2n) is 4.26. The zero-order chi connectivity index (χ0) is 12.8. The lowest BCUT2D eigenvalue weighted by molar-refractivity contribution is 0.160. The summed E-state index contributed by atoms with van der Waals surface area (Å²) < 4.78 is 1.78. The van der Waals surface area contributed by atoms with Crippen LogP contribution < -0.4 is 0 Å². The van der Waals surface area contributed by atoms with Gasteiger partial charge in [-0.15, -0.1) is 6.58 Å². The fourth-order valence-corrected chi connectivity index (χ4v) is 1.84. The molecule has 2 rings (SSSR count). The summed E-state index contributed by atoms with van der Waals surface area (Å²) in [5.41, 5.74) is 1.73. The first-order chi connectivity index (χ1) is 8.81. The van der Waals surface area contributed by atoms with Crippen molar-refractivity contribution in [2.45, 2.75) is 25.4 Å². The third-order valence-electron chi connectivity index (χ3n) is 2.86. The first-order valence-corrected chi connectivity index (χ1v) is 6.21. The SMILES string of the molecule is C=CCCCC(O)c1ccn(-c2ccccc2)n1. The highest BCUT2D eigenvalue weighted by Crippen LogP contribution is 2.18. The number of nitrogens with zero attached hydrogens (tertiary/aromatic N) is 2. The number of aliphatic hydroxyl groups is 1. The number of hydrogen-bond acceptors (Lipinski definition) is 2. The minimum atomic E-state index is -0.491. The van der Waals surface area contributed by atoms with Crippen LogP contribution in [0.2, 0.25) is 0 Å². The lowest BCUT2D eigenvalue weighted by Gasteiger charge is -2.06. The molecule has 0 amide bonds. The van der Waals surface area contributed by atoms with Crippen LogP contribution >= 0.6 is 0 Å². The number of unbranched alkanes of at least 4 members (excludes halogenated alkanes) is 1. The maximum absolute atomic E-state index is 10.00. The van der Waals surface area contributed by atoms with Gasteiger partial charge < -0.3 is 5.11 Å². The first-order valence-electron chi connectivity index (χ1n) is 6.21. The molecule has 1 aromatic heterocycles. The lowest BCUT2D eigenvalue weighted by atomic mass is 10.1. The van der Waals surface area contributed by atoms with Crippen molar-refractivity contribution >= 4 is 0 Å². The van der Waals surface area contributed by atoms with Crippen LogP contribution in [-0.4, -0.2) is 14.9 Å². The maximum Gasteiger partial charge on any atom is 0.0978 e. The van der Waals surface area contributed by atoms with Gasteiger partial charge in [0.25, 0.3) is 0 Å². The second-order valence-corrected chi connectivity index (χ2v) is 4.26. The Morgan fingerprint density at radius 3 is 2.78 bits per heavy atom. The molecule has 1 aromatic carbocycles. The van der Waals surface area contributed by atoms with Crippen molar-refractivity contribution in [3.8, 4) is 5.69 Å². The van der Waals surface area contributed by atoms with Crippen LogP contribution in [0, 0.1) is 0 Å². The van der Waals surface area contributed by atoms with Gasteiger partial charge in [0.1, 0.15) is 0 Å². The van der Waals surface area contributed by atoms with Crippen LogP contribution in [0.15, 0.2) is 55.3 Å². The van der Waals surface area contributed by atoms with E-state index < -0.39 is 6.10 Å². The number of rotatable bonds is 6. The number of benzene rings is 1. The van der Waals surface area contributed by atoms with Gasteiger partial charge in [-0.1, -0.05) is 24.3 Å². The van der Waals surface area contributed by atoms with E-state index in [0.717, 1.165) is 30.6 Å². The number of hydrogen-bond donors (Lipinski definition) is 1. The van der Waals surface area contributed by atoms with Gasteiger partial charge in [-0.3, -0.25) is 0 Å². The van der Waals surface area contributed by atoms with Crippen LogP contribution in [-0.2, 0) is 0 Å². The fourth-order valence-electron chi connectivity index (χ4n) is 1.84. The number of aromatic nitrogens is 2. The summed E-state index contributed by atoms with van der Waals surface area (Å²) in [7, 11) is 0. The van der Waals surface area contributed by atoms with Gasteiger partial charge in [-0.2, -0.15) is 5.10 Å². The van der Waals surface area contributed by atoms with E-state index in [4.69, 9.17) is 0 Å². The van der Waals surface area contributed by atoms with Gasteiger partial charge in [0.15, 0.2) is 0 Å². The van der Waals surface area contributed by atoms with E-state index in [0.29, 0.717) is 0 Å². The molecular weight excluding hydrogens is 224 g/mol. The van der Waals surface area contributed by atoms with Gasteiger partial charge in [0, 0.05) is 6.20 Å². The van der Waals surface area contributed by atoms with Crippen molar-refractivity contribution in [1.29, 1.82) is 0 Å². The summed E-state index contributed by atoms with van der Waals surface area (Å²) in [6.45, 7) is 3.67. The molecule has 18 heavy (non-hydrogen) atoms. The lowest BCUT2D eigenvalue weighted by Crippen LogP contribution is -2.01. The monoisotopic (exact) mass is 242 g/mol. The summed E-state index contributed by atoms with van der Waals surface area (Å²) in [5.74, 6) is 0. The summed E-state index contributed by atoms with van der Waals surface area (Å²) in [6.07, 6.45) is 5.84. The first kappa shape index (κ1) is 12.6. The fraction of sp³-hybridized carbons (Fsp3) is 0.267. The van der Waals surface area contributed by atoms with Crippen LogP contribution in [0.5, 0.6) is 0 Å². The Bertz CT molecular complexity index is 490. The third-order valence-corrected chi connectivity index (χ3v) is 2.86. The van der Waals surface area contributed by atoms with Crippen molar-refractivity contribution < 1.29 is 5.11 Å². The van der Waals surface area contributed by atoms with E-state index in [9.17, 15) is 5.11 Å². The highest BCUT2D eigenvalue weighted by Gasteiger charge is 2.10. The Labute approximate surface area is 107 Å². The molecule has 1 unspecified atom stereocenters. The van der Waals surface area contributed by atoms with Crippen molar-refractivity contribution in [3.63, 3.8) is 0 Å². The molecule has 1 atom stereocenters. The minimum absolute atomic E-state index is 0.491. The molecule has 3 heteroatoms. The molecule has 0 aliphatic rings. The molecule has 0 bridgehead atoms. The van der Waals surface area contributed by atoms with Crippen molar-refractivity contribution in [3.05, 3.63) is 60.9 Å². The minimum Gasteiger partial charge on any atom is -0.387 e. The molecule has 2 aromatic rings. The molecule has 1 heterocycles. The van der Waals surface area contributed by atoms with E-state index in [-0.39, 0.29) is 0 Å². The molecule has 0 spiro atoms. The smallest absolute Gasteiger partial charge is 0.0978 e. The van der Waals surface area contributed by atoms with E-state index in [1.807, 2.05) is 48.7 Å². The largest absolute Gasteiger partial charge is 0.387 e. The molecule has 0 aliphatic carbocycles. The standard InChI is InChI=1S/C15H18N2O/c1-2-3-5-10-15(18)14-11-12-17(16-14)13-8-6-4-7-9-13/h2,4,6-9,11-12,15,18H,1,3,5,10H2. The summed E-state index contributed by atoms with van der Waals surface area (Å²) in [5, 5.41) is 14.4. The van der Waals surface area contributed by atoms with E-state index >= 15 is 0 Å². The summed E-state index contributed by atoms with van der Waals surface area (Å²) in [4.78, 5) is 0. The predicted molar refractivity (Wildman–Crippen MR) is 72.6 cm³/mol.